The number of hydrogen-bond donors (Lipinski definition) is 1. The highest BCUT2D eigenvalue weighted by molar-refractivity contribution is 7.98. The number of carbonyl (C=O) groups is 1. The molecule has 0 aliphatic heterocycles. The van der Waals surface area contributed by atoms with Gasteiger partial charge in [0.05, 0.1) is 11.2 Å². The van der Waals surface area contributed by atoms with Crippen LogP contribution in [0.1, 0.15) is 51.2 Å². The molecule has 1 heterocycles. The average Bonchev–Trinajstić information content (AvgIpc) is 3.00. The van der Waals surface area contributed by atoms with E-state index in [2.05, 4.69) is 24.0 Å². The Morgan fingerprint density at radius 2 is 2.15 bits per heavy atom. The van der Waals surface area contributed by atoms with E-state index >= 15 is 0 Å². The summed E-state index contributed by atoms with van der Waals surface area (Å²) in [7, 11) is 0. The molecule has 0 saturated heterocycles. The first kappa shape index (κ1) is 15.4. The van der Waals surface area contributed by atoms with Crippen LogP contribution < -0.4 is 0 Å². The second-order valence-corrected chi connectivity index (χ2v) is 7.01. The Hall–Kier alpha value is -1.04. The van der Waals surface area contributed by atoms with Crippen molar-refractivity contribution >= 4 is 17.7 Å². The van der Waals surface area contributed by atoms with Gasteiger partial charge in [-0.05, 0) is 24.5 Å². The molecule has 0 bridgehead atoms. The molecule has 1 fully saturated rings. The van der Waals surface area contributed by atoms with Crippen molar-refractivity contribution in [2.45, 2.75) is 51.7 Å². The number of rotatable bonds is 7. The second kappa shape index (κ2) is 6.61. The minimum Gasteiger partial charge on any atom is -0.481 e. The lowest BCUT2D eigenvalue weighted by molar-refractivity contribution is -0.148. The van der Waals surface area contributed by atoms with Crippen LogP contribution in [-0.2, 0) is 17.0 Å². The van der Waals surface area contributed by atoms with E-state index in [0.29, 0.717) is 36.9 Å². The van der Waals surface area contributed by atoms with Crippen LogP contribution in [0.15, 0.2) is 4.52 Å². The lowest BCUT2D eigenvalue weighted by Crippen LogP contribution is -2.30. The van der Waals surface area contributed by atoms with Crippen molar-refractivity contribution < 1.29 is 14.4 Å². The van der Waals surface area contributed by atoms with Gasteiger partial charge in [-0.2, -0.15) is 16.7 Å². The first-order chi connectivity index (χ1) is 9.52. The van der Waals surface area contributed by atoms with Gasteiger partial charge < -0.3 is 9.63 Å². The van der Waals surface area contributed by atoms with Gasteiger partial charge in [-0.15, -0.1) is 0 Å². The summed E-state index contributed by atoms with van der Waals surface area (Å²) in [5.74, 6) is 2.83. The van der Waals surface area contributed by atoms with Crippen molar-refractivity contribution in [3.8, 4) is 0 Å². The van der Waals surface area contributed by atoms with Gasteiger partial charge in [0.1, 0.15) is 0 Å². The third-order valence-corrected chi connectivity index (χ3v) is 5.06. The van der Waals surface area contributed by atoms with E-state index in [1.165, 1.54) is 0 Å². The van der Waals surface area contributed by atoms with Gasteiger partial charge >= 0.3 is 5.97 Å². The predicted octanol–water partition coefficient (Wildman–Crippen LogP) is 3.15. The van der Waals surface area contributed by atoms with E-state index in [1.807, 2.05) is 0 Å². The fraction of sp³-hybridized carbons (Fsp3) is 0.786. The minimum atomic E-state index is -0.732. The van der Waals surface area contributed by atoms with E-state index in [-0.39, 0.29) is 0 Å². The van der Waals surface area contributed by atoms with Crippen molar-refractivity contribution in [3.63, 3.8) is 0 Å². The molecule has 1 aliphatic rings. The zero-order valence-electron chi connectivity index (χ0n) is 12.1. The summed E-state index contributed by atoms with van der Waals surface area (Å²) >= 11 is 1.77. The third-order valence-electron chi connectivity index (χ3n) is 3.70. The van der Waals surface area contributed by atoms with Gasteiger partial charge in [0, 0.05) is 6.42 Å². The summed E-state index contributed by atoms with van der Waals surface area (Å²) in [5.41, 5.74) is -0.686. The van der Waals surface area contributed by atoms with E-state index in [1.54, 1.807) is 11.8 Å². The second-order valence-electron chi connectivity index (χ2n) is 5.98. The number of aromatic nitrogens is 2. The van der Waals surface area contributed by atoms with Crippen molar-refractivity contribution in [2.75, 3.05) is 5.75 Å². The van der Waals surface area contributed by atoms with Gasteiger partial charge in [0.25, 0.3) is 0 Å². The lowest BCUT2D eigenvalue weighted by atomic mass is 9.83. The monoisotopic (exact) mass is 298 g/mol. The van der Waals surface area contributed by atoms with E-state index in [9.17, 15) is 9.90 Å². The number of thioether (sulfide) groups is 1. The van der Waals surface area contributed by atoms with E-state index in [0.717, 1.165) is 24.3 Å². The maximum atomic E-state index is 11.5. The van der Waals surface area contributed by atoms with Gasteiger partial charge in [0.15, 0.2) is 5.82 Å². The third kappa shape index (κ3) is 3.75. The first-order valence-corrected chi connectivity index (χ1v) is 8.30. The fourth-order valence-electron chi connectivity index (χ4n) is 2.61. The number of aliphatic carboxylic acids is 1. The Balaban J connectivity index is 1.93. The van der Waals surface area contributed by atoms with Crippen molar-refractivity contribution in [2.24, 2.45) is 11.3 Å². The van der Waals surface area contributed by atoms with Gasteiger partial charge in [-0.3, -0.25) is 4.79 Å². The molecule has 0 spiro atoms. The predicted molar refractivity (Wildman–Crippen MR) is 77.5 cm³/mol. The van der Waals surface area contributed by atoms with Crippen LogP contribution in [0.2, 0.25) is 0 Å². The van der Waals surface area contributed by atoms with E-state index in [4.69, 9.17) is 4.52 Å². The van der Waals surface area contributed by atoms with Crippen molar-refractivity contribution in [1.82, 2.24) is 10.1 Å². The summed E-state index contributed by atoms with van der Waals surface area (Å²) in [5, 5.41) is 13.4. The van der Waals surface area contributed by atoms with E-state index < -0.39 is 11.4 Å². The fourth-order valence-corrected chi connectivity index (χ4v) is 3.50. The highest BCUT2D eigenvalue weighted by Gasteiger charge is 2.42. The first-order valence-electron chi connectivity index (χ1n) is 7.14. The Morgan fingerprint density at radius 1 is 1.45 bits per heavy atom. The molecule has 1 aromatic heterocycles. The smallest absolute Gasteiger partial charge is 0.310 e. The molecule has 0 unspecified atom stereocenters. The zero-order valence-corrected chi connectivity index (χ0v) is 12.9. The molecule has 5 nitrogen and oxygen atoms in total. The summed E-state index contributed by atoms with van der Waals surface area (Å²) in [6.07, 6.45) is 3.73. The molecule has 1 N–H and O–H groups in total. The van der Waals surface area contributed by atoms with Crippen LogP contribution in [0.4, 0.5) is 0 Å². The molecule has 1 aliphatic carbocycles. The van der Waals surface area contributed by atoms with Gasteiger partial charge in [-0.25, -0.2) is 0 Å². The molecule has 1 saturated carbocycles. The number of carboxylic acid groups (broad SMARTS) is 1. The highest BCUT2D eigenvalue weighted by Crippen LogP contribution is 2.41. The Labute approximate surface area is 123 Å². The summed E-state index contributed by atoms with van der Waals surface area (Å²) in [4.78, 5) is 15.8. The zero-order chi connectivity index (χ0) is 14.6. The van der Waals surface area contributed by atoms with Gasteiger partial charge in [0.2, 0.25) is 5.89 Å². The molecule has 0 radical (unpaired) electrons. The number of carboxylic acids is 1. The topological polar surface area (TPSA) is 76.2 Å². The molecule has 112 valence electrons. The Morgan fingerprint density at radius 3 is 2.75 bits per heavy atom. The quantitative estimate of drug-likeness (QED) is 0.833. The molecular formula is C14H22N2O3S. The normalized spacial score (nSPS) is 17.8. The van der Waals surface area contributed by atoms with Crippen LogP contribution in [0.5, 0.6) is 0 Å². The number of hydrogen-bond acceptors (Lipinski definition) is 5. The molecule has 0 atom stereocenters. The summed E-state index contributed by atoms with van der Waals surface area (Å²) < 4.78 is 5.22. The van der Waals surface area contributed by atoms with Crippen LogP contribution in [-0.4, -0.2) is 27.0 Å². The maximum absolute atomic E-state index is 11.5. The van der Waals surface area contributed by atoms with Crippen LogP contribution in [0.3, 0.4) is 0 Å². The standard InChI is InChI=1S/C14H22N2O3S/c1-10(2)8-20-9-11-15-12(19-16-11)7-14(13(17)18)5-3-4-6-14/h10H,3-9H2,1-2H3,(H,17,18). The molecule has 1 aromatic rings. The maximum Gasteiger partial charge on any atom is 0.310 e. The minimum absolute atomic E-state index is 0.365. The Kier molecular flexibility index (Phi) is 5.07. The number of nitrogens with zero attached hydrogens (tertiary/aromatic N) is 2. The Bertz CT molecular complexity index is 453. The molecule has 20 heavy (non-hydrogen) atoms. The summed E-state index contributed by atoms with van der Waals surface area (Å²) in [6, 6.07) is 0. The van der Waals surface area contributed by atoms with Crippen LogP contribution in [0.25, 0.3) is 0 Å². The van der Waals surface area contributed by atoms with Crippen molar-refractivity contribution in [1.29, 1.82) is 0 Å². The lowest BCUT2D eigenvalue weighted by Gasteiger charge is -2.21. The summed E-state index contributed by atoms with van der Waals surface area (Å²) in [6.45, 7) is 4.34. The highest BCUT2D eigenvalue weighted by atomic mass is 32.2. The van der Waals surface area contributed by atoms with Crippen LogP contribution in [0, 0.1) is 11.3 Å². The molecule has 0 amide bonds. The molecule has 2 rings (SSSR count). The van der Waals surface area contributed by atoms with Gasteiger partial charge in [-0.1, -0.05) is 31.8 Å². The largest absolute Gasteiger partial charge is 0.481 e. The average molecular weight is 298 g/mol. The molecular weight excluding hydrogens is 276 g/mol. The van der Waals surface area contributed by atoms with Crippen LogP contribution >= 0.6 is 11.8 Å². The molecule has 6 heteroatoms. The SMILES string of the molecule is CC(C)CSCc1noc(CC2(C(=O)O)CCCC2)n1. The van der Waals surface area contributed by atoms with Crippen molar-refractivity contribution in [3.05, 3.63) is 11.7 Å². The molecule has 0 aromatic carbocycles.